The van der Waals surface area contributed by atoms with Crippen molar-refractivity contribution >= 4 is 29.0 Å². The molecule has 1 fully saturated rings. The van der Waals surface area contributed by atoms with Crippen LogP contribution in [0.1, 0.15) is 29.5 Å². The fraction of sp³-hybridized carbons (Fsp3) is 0.345. The van der Waals surface area contributed by atoms with E-state index < -0.39 is 23.6 Å². The number of nitrogens with zero attached hydrogens (tertiary/aromatic N) is 5. The van der Waals surface area contributed by atoms with E-state index >= 15 is 0 Å². The molecule has 10 heteroatoms. The Balaban J connectivity index is 1.43. The highest BCUT2D eigenvalue weighted by atomic mass is 19.4. The van der Waals surface area contributed by atoms with Crippen LogP contribution in [0.3, 0.4) is 0 Å². The van der Waals surface area contributed by atoms with Crippen LogP contribution in [0.2, 0.25) is 0 Å². The number of aromatic nitrogens is 2. The SMILES string of the molecule is C#CC1C(=O)N(Cc2ccccc2C(F)(F)F)c2nc(Nc3ccc(N4CCN(C)CC4)cc3)ncc2C1C. The van der Waals surface area contributed by atoms with Crippen molar-refractivity contribution in [1.29, 1.82) is 0 Å². The van der Waals surface area contributed by atoms with Crippen molar-refractivity contribution in [3.63, 3.8) is 0 Å². The summed E-state index contributed by atoms with van der Waals surface area (Å²) in [7, 11) is 2.11. The predicted molar refractivity (Wildman–Crippen MR) is 145 cm³/mol. The maximum Gasteiger partial charge on any atom is 0.416 e. The summed E-state index contributed by atoms with van der Waals surface area (Å²) in [6, 6.07) is 13.1. The molecule has 2 aliphatic heterocycles. The summed E-state index contributed by atoms with van der Waals surface area (Å²) < 4.78 is 41.1. The number of piperazine rings is 1. The smallest absolute Gasteiger partial charge is 0.369 e. The molecule has 0 aliphatic carbocycles. The van der Waals surface area contributed by atoms with Crippen molar-refractivity contribution in [3.8, 4) is 12.3 Å². The lowest BCUT2D eigenvalue weighted by molar-refractivity contribution is -0.138. The van der Waals surface area contributed by atoms with Crippen LogP contribution >= 0.6 is 0 Å². The number of alkyl halides is 3. The summed E-state index contributed by atoms with van der Waals surface area (Å²) in [5, 5.41) is 3.16. The molecule has 2 aromatic carbocycles. The fourth-order valence-corrected chi connectivity index (χ4v) is 5.07. The predicted octanol–water partition coefficient (Wildman–Crippen LogP) is 4.89. The molecule has 1 saturated heterocycles. The van der Waals surface area contributed by atoms with E-state index in [9.17, 15) is 18.0 Å². The molecule has 3 aromatic rings. The number of halogens is 3. The second-order valence-corrected chi connectivity index (χ2v) is 9.95. The summed E-state index contributed by atoms with van der Waals surface area (Å²) in [5.41, 5.74) is 1.64. The highest BCUT2D eigenvalue weighted by Gasteiger charge is 2.40. The van der Waals surface area contributed by atoms with E-state index in [-0.39, 0.29) is 29.8 Å². The van der Waals surface area contributed by atoms with Gasteiger partial charge in [-0.2, -0.15) is 18.2 Å². The Bertz CT molecular complexity index is 1390. The van der Waals surface area contributed by atoms with Crippen LogP contribution in [0.15, 0.2) is 54.7 Å². The number of carbonyl (C=O) groups is 1. The van der Waals surface area contributed by atoms with Gasteiger partial charge in [0.05, 0.1) is 12.1 Å². The van der Waals surface area contributed by atoms with Crippen molar-refractivity contribution in [2.75, 3.05) is 48.3 Å². The van der Waals surface area contributed by atoms with Gasteiger partial charge in [0.2, 0.25) is 11.9 Å². The average Bonchev–Trinajstić information content (AvgIpc) is 2.92. The zero-order valence-electron chi connectivity index (χ0n) is 21.7. The van der Waals surface area contributed by atoms with E-state index in [2.05, 4.69) is 38.1 Å². The van der Waals surface area contributed by atoms with E-state index in [0.29, 0.717) is 5.56 Å². The largest absolute Gasteiger partial charge is 0.416 e. The number of likely N-dealkylation sites (N-methyl/N-ethyl adjacent to an activating group) is 1. The van der Waals surface area contributed by atoms with Crippen LogP contribution < -0.4 is 15.1 Å². The minimum absolute atomic E-state index is 0.0396. The topological polar surface area (TPSA) is 64.6 Å². The Morgan fingerprint density at radius 3 is 2.44 bits per heavy atom. The number of rotatable bonds is 5. The second kappa shape index (κ2) is 10.6. The Morgan fingerprint density at radius 2 is 1.77 bits per heavy atom. The summed E-state index contributed by atoms with van der Waals surface area (Å²) in [4.78, 5) is 28.3. The molecule has 2 unspecified atom stereocenters. The van der Waals surface area contributed by atoms with Crippen molar-refractivity contribution in [3.05, 3.63) is 71.4 Å². The first-order valence-electron chi connectivity index (χ1n) is 12.8. The lowest BCUT2D eigenvalue weighted by Gasteiger charge is -2.35. The van der Waals surface area contributed by atoms with E-state index in [1.54, 1.807) is 13.1 Å². The van der Waals surface area contributed by atoms with Gasteiger partial charge in [-0.15, -0.1) is 6.42 Å². The molecule has 3 heterocycles. The maximum absolute atomic E-state index is 13.7. The molecule has 0 bridgehead atoms. The molecule has 1 N–H and O–H groups in total. The van der Waals surface area contributed by atoms with Crippen LogP contribution in [-0.4, -0.2) is 54.0 Å². The van der Waals surface area contributed by atoms with Gasteiger partial charge in [-0.1, -0.05) is 31.0 Å². The molecule has 5 rings (SSSR count). The minimum Gasteiger partial charge on any atom is -0.369 e. The summed E-state index contributed by atoms with van der Waals surface area (Å²) >= 11 is 0. The second-order valence-electron chi connectivity index (χ2n) is 9.95. The lowest BCUT2D eigenvalue weighted by atomic mass is 9.84. The number of fused-ring (bicyclic) bond motifs is 1. The van der Waals surface area contributed by atoms with Gasteiger partial charge in [-0.25, -0.2) is 4.98 Å². The zero-order valence-corrected chi connectivity index (χ0v) is 21.7. The Morgan fingerprint density at radius 1 is 1.08 bits per heavy atom. The van der Waals surface area contributed by atoms with Crippen LogP contribution in [0.5, 0.6) is 0 Å². The fourth-order valence-electron chi connectivity index (χ4n) is 5.07. The molecule has 39 heavy (non-hydrogen) atoms. The van der Waals surface area contributed by atoms with E-state index in [1.165, 1.54) is 23.1 Å². The maximum atomic E-state index is 13.7. The van der Waals surface area contributed by atoms with Crippen molar-refractivity contribution in [1.82, 2.24) is 14.9 Å². The van der Waals surface area contributed by atoms with Crippen LogP contribution in [-0.2, 0) is 17.5 Å². The molecule has 2 aliphatic rings. The van der Waals surface area contributed by atoms with Gasteiger partial charge < -0.3 is 15.1 Å². The van der Waals surface area contributed by atoms with Crippen molar-refractivity contribution < 1.29 is 18.0 Å². The Hall–Kier alpha value is -4.10. The number of hydrogen-bond acceptors (Lipinski definition) is 6. The number of nitrogens with one attached hydrogen (secondary N) is 1. The molecule has 2 atom stereocenters. The first-order valence-corrected chi connectivity index (χ1v) is 12.8. The Labute approximate surface area is 225 Å². The van der Waals surface area contributed by atoms with Crippen molar-refractivity contribution in [2.45, 2.75) is 25.6 Å². The summed E-state index contributed by atoms with van der Waals surface area (Å²) in [6.45, 7) is 5.40. The lowest BCUT2D eigenvalue weighted by Crippen LogP contribution is -2.44. The molecule has 1 amide bonds. The normalized spacial score (nSPS) is 19.9. The highest BCUT2D eigenvalue weighted by Crippen LogP contribution is 2.40. The molecular weight excluding hydrogens is 505 g/mol. The zero-order chi connectivity index (χ0) is 27.7. The summed E-state index contributed by atoms with van der Waals surface area (Å²) in [6.07, 6.45) is 2.69. The van der Waals surface area contributed by atoms with Gasteiger partial charge in [-0.3, -0.25) is 9.69 Å². The number of anilines is 4. The first kappa shape index (κ1) is 26.5. The number of carbonyl (C=O) groups excluding carboxylic acids is 1. The van der Waals surface area contributed by atoms with Gasteiger partial charge in [0.15, 0.2) is 0 Å². The van der Waals surface area contributed by atoms with Gasteiger partial charge >= 0.3 is 6.18 Å². The molecule has 0 spiro atoms. The molecular formula is C29H29F3N6O. The first-order chi connectivity index (χ1) is 18.7. The average molecular weight is 535 g/mol. The third-order valence-electron chi connectivity index (χ3n) is 7.40. The standard InChI is InChI=1S/C29H29F3N6O/c1-4-23-19(2)24-17-33-28(34-21-9-11-22(12-10-21)37-15-13-36(3)14-16-37)35-26(24)38(27(23)39)18-20-7-5-6-8-25(20)29(30,31)32/h1,5-12,17,19,23H,13-16,18H2,2-3H3,(H,33,34,35). The van der Waals surface area contributed by atoms with Crippen LogP contribution in [0.4, 0.5) is 36.3 Å². The molecule has 202 valence electrons. The van der Waals surface area contributed by atoms with Crippen LogP contribution in [0, 0.1) is 18.3 Å². The van der Waals surface area contributed by atoms with Gasteiger partial charge in [0.25, 0.3) is 0 Å². The van der Waals surface area contributed by atoms with Gasteiger partial charge in [0, 0.05) is 55.2 Å². The highest BCUT2D eigenvalue weighted by molar-refractivity contribution is 5.99. The van der Waals surface area contributed by atoms with Crippen molar-refractivity contribution in [2.24, 2.45) is 5.92 Å². The number of benzene rings is 2. The molecule has 0 radical (unpaired) electrons. The Kier molecular flexibility index (Phi) is 7.19. The van der Waals surface area contributed by atoms with Gasteiger partial charge in [0.1, 0.15) is 11.7 Å². The molecule has 1 aromatic heterocycles. The number of hydrogen-bond donors (Lipinski definition) is 1. The summed E-state index contributed by atoms with van der Waals surface area (Å²) in [5.74, 6) is 1.30. The molecule has 0 saturated carbocycles. The number of amides is 1. The number of terminal acetylenes is 1. The van der Waals surface area contributed by atoms with Crippen LogP contribution in [0.25, 0.3) is 0 Å². The third kappa shape index (κ3) is 5.40. The quantitative estimate of drug-likeness (QED) is 0.471. The van der Waals surface area contributed by atoms with E-state index in [4.69, 9.17) is 6.42 Å². The molecule has 7 nitrogen and oxygen atoms in total. The van der Waals surface area contributed by atoms with E-state index in [1.807, 2.05) is 24.3 Å². The minimum atomic E-state index is -4.56. The third-order valence-corrected chi connectivity index (χ3v) is 7.40. The monoisotopic (exact) mass is 534 g/mol. The van der Waals surface area contributed by atoms with E-state index in [0.717, 1.165) is 43.6 Å². The van der Waals surface area contributed by atoms with Gasteiger partial charge in [-0.05, 0) is 42.9 Å².